The van der Waals surface area contributed by atoms with E-state index >= 15 is 0 Å². The Bertz CT molecular complexity index is 388. The van der Waals surface area contributed by atoms with Gasteiger partial charge in [-0.05, 0) is 30.9 Å². The van der Waals surface area contributed by atoms with Gasteiger partial charge in [-0.2, -0.15) is 0 Å². The van der Waals surface area contributed by atoms with Gasteiger partial charge in [0.25, 0.3) is 0 Å². The van der Waals surface area contributed by atoms with Gasteiger partial charge in [0.2, 0.25) is 0 Å². The smallest absolute Gasteiger partial charge is 0.0449 e. The summed E-state index contributed by atoms with van der Waals surface area (Å²) in [7, 11) is 0. The molecule has 0 saturated carbocycles. The minimum atomic E-state index is 0.497. The second-order valence-electron chi connectivity index (χ2n) is 6.86. The molecule has 1 heterocycles. The lowest BCUT2D eigenvalue weighted by molar-refractivity contribution is 0.112. The third-order valence-electron chi connectivity index (χ3n) is 4.53. The van der Waals surface area contributed by atoms with Crippen LogP contribution >= 0.6 is 0 Å². The van der Waals surface area contributed by atoms with Crippen molar-refractivity contribution in [2.24, 2.45) is 5.92 Å². The Morgan fingerprint density at radius 1 is 1.19 bits per heavy atom. The SMILES string of the molecule is CCCCCN1CC(c2ccccc2)NCC1CC(C)C. The quantitative estimate of drug-likeness (QED) is 0.755. The molecule has 2 atom stereocenters. The second-order valence-corrected chi connectivity index (χ2v) is 6.86. The third-order valence-corrected chi connectivity index (χ3v) is 4.53. The molecule has 1 aliphatic heterocycles. The van der Waals surface area contributed by atoms with Crippen LogP contribution in [0, 0.1) is 5.92 Å². The van der Waals surface area contributed by atoms with Gasteiger partial charge in [0.05, 0.1) is 0 Å². The van der Waals surface area contributed by atoms with Gasteiger partial charge >= 0.3 is 0 Å². The van der Waals surface area contributed by atoms with E-state index < -0.39 is 0 Å². The van der Waals surface area contributed by atoms with E-state index in [1.165, 1.54) is 37.8 Å². The average molecular weight is 288 g/mol. The minimum absolute atomic E-state index is 0.497. The molecular formula is C19H32N2. The highest BCUT2D eigenvalue weighted by Crippen LogP contribution is 2.23. The summed E-state index contributed by atoms with van der Waals surface area (Å²) in [5.74, 6) is 0.777. The van der Waals surface area contributed by atoms with Gasteiger partial charge in [0.15, 0.2) is 0 Å². The number of piperazine rings is 1. The molecule has 21 heavy (non-hydrogen) atoms. The molecule has 118 valence electrons. The topological polar surface area (TPSA) is 15.3 Å². The van der Waals surface area contributed by atoms with E-state index in [0.717, 1.165) is 19.0 Å². The molecule has 1 saturated heterocycles. The molecule has 1 aliphatic rings. The molecule has 0 aromatic heterocycles. The summed E-state index contributed by atoms with van der Waals surface area (Å²) in [6.07, 6.45) is 5.31. The van der Waals surface area contributed by atoms with Crippen LogP contribution in [0.1, 0.15) is 58.1 Å². The van der Waals surface area contributed by atoms with Gasteiger partial charge in [-0.3, -0.25) is 4.90 Å². The van der Waals surface area contributed by atoms with Crippen LogP contribution in [0.3, 0.4) is 0 Å². The normalized spacial score (nSPS) is 23.6. The van der Waals surface area contributed by atoms with Crippen molar-refractivity contribution >= 4 is 0 Å². The van der Waals surface area contributed by atoms with Crippen LogP contribution in [-0.2, 0) is 0 Å². The van der Waals surface area contributed by atoms with Gasteiger partial charge < -0.3 is 5.32 Å². The molecule has 1 N–H and O–H groups in total. The summed E-state index contributed by atoms with van der Waals surface area (Å²) >= 11 is 0. The number of nitrogens with zero attached hydrogens (tertiary/aromatic N) is 1. The average Bonchev–Trinajstić information content (AvgIpc) is 2.49. The molecule has 2 rings (SSSR count). The number of hydrogen-bond acceptors (Lipinski definition) is 2. The fourth-order valence-electron chi connectivity index (χ4n) is 3.38. The Hall–Kier alpha value is -0.860. The van der Waals surface area contributed by atoms with E-state index in [2.05, 4.69) is 61.3 Å². The first-order valence-electron chi connectivity index (χ1n) is 8.73. The lowest BCUT2D eigenvalue weighted by Crippen LogP contribution is -2.53. The molecule has 0 amide bonds. The van der Waals surface area contributed by atoms with Gasteiger partial charge in [-0.1, -0.05) is 63.9 Å². The number of rotatable bonds is 7. The summed E-state index contributed by atoms with van der Waals surface area (Å²) in [5, 5.41) is 3.77. The van der Waals surface area contributed by atoms with E-state index in [-0.39, 0.29) is 0 Å². The number of hydrogen-bond donors (Lipinski definition) is 1. The molecule has 2 unspecified atom stereocenters. The molecule has 2 heteroatoms. The molecular weight excluding hydrogens is 256 g/mol. The first kappa shape index (κ1) is 16.5. The molecule has 0 bridgehead atoms. The lowest BCUT2D eigenvalue weighted by Gasteiger charge is -2.41. The molecule has 0 radical (unpaired) electrons. The van der Waals surface area contributed by atoms with E-state index in [9.17, 15) is 0 Å². The van der Waals surface area contributed by atoms with Crippen molar-refractivity contribution in [3.63, 3.8) is 0 Å². The van der Waals surface area contributed by atoms with Crippen molar-refractivity contribution in [2.45, 2.75) is 58.5 Å². The second kappa shape index (κ2) is 8.55. The Morgan fingerprint density at radius 2 is 1.95 bits per heavy atom. The van der Waals surface area contributed by atoms with Crippen LogP contribution in [0.5, 0.6) is 0 Å². The fraction of sp³-hybridized carbons (Fsp3) is 0.684. The Morgan fingerprint density at radius 3 is 2.62 bits per heavy atom. The van der Waals surface area contributed by atoms with Crippen LogP contribution in [-0.4, -0.2) is 30.6 Å². The number of unbranched alkanes of at least 4 members (excludes halogenated alkanes) is 2. The van der Waals surface area contributed by atoms with Gasteiger partial charge in [-0.15, -0.1) is 0 Å². The maximum atomic E-state index is 3.77. The van der Waals surface area contributed by atoms with Crippen molar-refractivity contribution in [2.75, 3.05) is 19.6 Å². The standard InChI is InChI=1S/C19H32N2/c1-4-5-9-12-21-15-19(17-10-7-6-8-11-17)20-14-18(21)13-16(2)3/h6-8,10-11,16,18-20H,4-5,9,12-15H2,1-3H3. The Kier molecular flexibility index (Phi) is 6.72. The zero-order valence-electron chi connectivity index (χ0n) is 14.0. The van der Waals surface area contributed by atoms with Gasteiger partial charge in [0.1, 0.15) is 0 Å². The highest BCUT2D eigenvalue weighted by Gasteiger charge is 2.28. The van der Waals surface area contributed by atoms with E-state index in [0.29, 0.717) is 12.1 Å². The summed E-state index contributed by atoms with van der Waals surface area (Å²) < 4.78 is 0. The van der Waals surface area contributed by atoms with Crippen molar-refractivity contribution in [3.05, 3.63) is 35.9 Å². The van der Waals surface area contributed by atoms with Crippen molar-refractivity contribution in [1.29, 1.82) is 0 Å². The summed E-state index contributed by atoms with van der Waals surface area (Å²) in [6.45, 7) is 10.5. The van der Waals surface area contributed by atoms with Crippen molar-refractivity contribution in [1.82, 2.24) is 10.2 Å². The molecule has 0 spiro atoms. The predicted molar refractivity (Wildman–Crippen MR) is 91.5 cm³/mol. The first-order chi connectivity index (χ1) is 10.2. The van der Waals surface area contributed by atoms with Crippen molar-refractivity contribution in [3.8, 4) is 0 Å². The summed E-state index contributed by atoms with van der Waals surface area (Å²) in [4.78, 5) is 2.74. The van der Waals surface area contributed by atoms with Crippen molar-refractivity contribution < 1.29 is 0 Å². The lowest BCUT2D eigenvalue weighted by atomic mass is 9.96. The van der Waals surface area contributed by atoms with Crippen LogP contribution in [0.2, 0.25) is 0 Å². The minimum Gasteiger partial charge on any atom is -0.307 e. The molecule has 1 aromatic rings. The fourth-order valence-corrected chi connectivity index (χ4v) is 3.38. The summed E-state index contributed by atoms with van der Waals surface area (Å²) in [5.41, 5.74) is 1.43. The predicted octanol–water partition coefficient (Wildman–Crippen LogP) is 4.24. The van der Waals surface area contributed by atoms with E-state index in [1.807, 2.05) is 0 Å². The molecule has 1 fully saturated rings. The van der Waals surface area contributed by atoms with Crippen LogP contribution in [0.15, 0.2) is 30.3 Å². The van der Waals surface area contributed by atoms with Crippen LogP contribution in [0.4, 0.5) is 0 Å². The number of benzene rings is 1. The van der Waals surface area contributed by atoms with E-state index in [1.54, 1.807) is 0 Å². The van der Waals surface area contributed by atoms with Gasteiger partial charge in [-0.25, -0.2) is 0 Å². The van der Waals surface area contributed by atoms with Crippen LogP contribution in [0.25, 0.3) is 0 Å². The zero-order chi connectivity index (χ0) is 15.1. The first-order valence-corrected chi connectivity index (χ1v) is 8.73. The largest absolute Gasteiger partial charge is 0.307 e. The number of nitrogens with one attached hydrogen (secondary N) is 1. The Balaban J connectivity index is 1.98. The highest BCUT2D eigenvalue weighted by molar-refractivity contribution is 5.20. The third kappa shape index (κ3) is 5.12. The zero-order valence-corrected chi connectivity index (χ0v) is 14.0. The molecule has 2 nitrogen and oxygen atoms in total. The molecule has 0 aliphatic carbocycles. The van der Waals surface area contributed by atoms with Crippen LogP contribution < -0.4 is 5.32 Å². The maximum Gasteiger partial charge on any atom is 0.0449 e. The Labute approximate surface area is 130 Å². The highest BCUT2D eigenvalue weighted by atomic mass is 15.2. The summed E-state index contributed by atoms with van der Waals surface area (Å²) in [6, 6.07) is 12.1. The van der Waals surface area contributed by atoms with Gasteiger partial charge in [0, 0.05) is 25.2 Å². The maximum absolute atomic E-state index is 3.77. The monoisotopic (exact) mass is 288 g/mol. The van der Waals surface area contributed by atoms with E-state index in [4.69, 9.17) is 0 Å². The molecule has 1 aromatic carbocycles.